The number of fused-ring (bicyclic) bond motifs is 3. The number of carbonyl (C=O) groups excluding carboxylic acids is 4. The molecule has 3 aliphatic rings. The molecule has 192 valence electrons. The third-order valence-electron chi connectivity index (χ3n) is 7.54. The maximum atomic E-state index is 13.6. The Morgan fingerprint density at radius 1 is 1.14 bits per heavy atom. The molecule has 0 saturated heterocycles. The van der Waals surface area contributed by atoms with Gasteiger partial charge in [0.1, 0.15) is 28.4 Å². The average molecular weight is 502 g/mol. The van der Waals surface area contributed by atoms with Gasteiger partial charge in [0, 0.05) is 11.5 Å². The van der Waals surface area contributed by atoms with Crippen LogP contribution in [0.1, 0.15) is 39.1 Å². The summed E-state index contributed by atoms with van der Waals surface area (Å²) in [6, 6.07) is 1.32. The lowest BCUT2D eigenvalue weighted by Gasteiger charge is -2.53. The first-order valence-electron chi connectivity index (χ1n) is 11.0. The van der Waals surface area contributed by atoms with Gasteiger partial charge in [-0.2, -0.15) is 0 Å². The minimum absolute atomic E-state index is 0.248. The van der Waals surface area contributed by atoms with Crippen molar-refractivity contribution < 1.29 is 49.4 Å². The molecular weight excluding hydrogens is 476 g/mol. The highest BCUT2D eigenvalue weighted by Gasteiger charge is 2.67. The molecule has 0 heterocycles. The molecule has 3 unspecified atom stereocenters. The highest BCUT2D eigenvalue weighted by molar-refractivity contribution is 6.25. The number of nitrogens with zero attached hydrogens (tertiary/aromatic N) is 1. The molecule has 0 radical (unpaired) electrons. The summed E-state index contributed by atoms with van der Waals surface area (Å²) in [5.41, 5.74) is 0.306. The Bertz CT molecular complexity index is 1300. The minimum Gasteiger partial charge on any atom is -0.510 e. The summed E-state index contributed by atoms with van der Waals surface area (Å²) in [4.78, 5) is 52.4. The number of esters is 1. The van der Waals surface area contributed by atoms with E-state index in [9.17, 15) is 44.7 Å². The van der Waals surface area contributed by atoms with Crippen LogP contribution in [0.5, 0.6) is 5.75 Å². The maximum Gasteiger partial charge on any atom is 0.341 e. The molecule has 1 aromatic carbocycles. The fourth-order valence-corrected chi connectivity index (χ4v) is 5.90. The van der Waals surface area contributed by atoms with E-state index >= 15 is 0 Å². The lowest BCUT2D eigenvalue weighted by molar-refractivity contribution is -0.162. The van der Waals surface area contributed by atoms with E-state index in [1.807, 2.05) is 0 Å². The van der Waals surface area contributed by atoms with Crippen LogP contribution in [0.25, 0.3) is 0 Å². The van der Waals surface area contributed by atoms with Crippen LogP contribution >= 0.6 is 0 Å². The van der Waals surface area contributed by atoms with Crippen LogP contribution in [0.3, 0.4) is 0 Å². The third-order valence-corrected chi connectivity index (χ3v) is 7.54. The van der Waals surface area contributed by atoms with Crippen molar-refractivity contribution in [1.29, 1.82) is 0 Å². The molecule has 0 aliphatic heterocycles. The molecule has 6 atom stereocenters. The van der Waals surface area contributed by atoms with Crippen molar-refractivity contribution >= 4 is 23.4 Å². The van der Waals surface area contributed by atoms with Crippen LogP contribution < -0.4 is 5.73 Å². The Kier molecular flexibility index (Phi) is 5.74. The van der Waals surface area contributed by atoms with Crippen molar-refractivity contribution in [2.75, 3.05) is 21.2 Å². The van der Waals surface area contributed by atoms with Gasteiger partial charge in [-0.1, -0.05) is 13.0 Å². The van der Waals surface area contributed by atoms with E-state index in [1.54, 1.807) is 6.92 Å². The SMILES string of the molecule is COC(=O)c1ccc2c(c1O)C(=O)C1=C(O)C3(O)C(=O)C(C(N)=O)=C(O)[C@@H](N(C)C)C3[C@@H](O)C1[C@H]2C. The number of aliphatic hydroxyl groups is 4. The van der Waals surface area contributed by atoms with Gasteiger partial charge < -0.3 is 36.0 Å². The number of hydrogen-bond acceptors (Lipinski definition) is 11. The highest BCUT2D eigenvalue weighted by Crippen LogP contribution is 2.55. The first-order chi connectivity index (χ1) is 16.7. The van der Waals surface area contributed by atoms with Crippen LogP contribution in [-0.2, 0) is 14.3 Å². The van der Waals surface area contributed by atoms with Gasteiger partial charge in [0.15, 0.2) is 11.4 Å². The summed E-state index contributed by atoms with van der Waals surface area (Å²) in [5, 5.41) is 55.9. The molecule has 1 amide bonds. The standard InChI is InChI=1S/C24H26N2O10/c1-7-8-5-6-9(23(34)36-4)16(27)11(8)17(28)12-10(7)18(29)14-15(26(2)3)19(30)13(22(25)33)21(32)24(14,35)20(12)31/h5-7,10,14-15,18,27,29-31,35H,1-4H3,(H2,25,33)/t7-,10?,14?,15-,18-,24?/m0/s1. The number of rotatable bonds is 3. The van der Waals surface area contributed by atoms with Crippen molar-refractivity contribution in [3.05, 3.63) is 51.5 Å². The van der Waals surface area contributed by atoms with Crippen LogP contribution in [0.4, 0.5) is 0 Å². The largest absolute Gasteiger partial charge is 0.510 e. The molecule has 12 heteroatoms. The highest BCUT2D eigenvalue weighted by atomic mass is 16.5. The molecule has 0 bridgehead atoms. The zero-order valence-electron chi connectivity index (χ0n) is 19.8. The number of ketones is 2. The number of likely N-dealkylation sites (N-methyl/N-ethyl adjacent to an activating group) is 1. The van der Waals surface area contributed by atoms with E-state index < -0.39 is 87.4 Å². The number of phenols is 1. The molecule has 3 aliphatic carbocycles. The Hall–Kier alpha value is -3.74. The van der Waals surface area contributed by atoms with Gasteiger partial charge in [0.25, 0.3) is 5.91 Å². The summed E-state index contributed by atoms with van der Waals surface area (Å²) in [6.07, 6.45) is -1.69. The second-order valence-corrected chi connectivity index (χ2v) is 9.47. The Morgan fingerprint density at radius 2 is 1.75 bits per heavy atom. The monoisotopic (exact) mass is 502 g/mol. The number of phenolic OH excluding ortho intramolecular Hbond substituents is 1. The van der Waals surface area contributed by atoms with Crippen molar-refractivity contribution in [3.63, 3.8) is 0 Å². The number of nitrogens with two attached hydrogens (primary N) is 1. The first-order valence-corrected chi connectivity index (χ1v) is 11.0. The summed E-state index contributed by atoms with van der Waals surface area (Å²) in [5.74, 6) is -11.0. The average Bonchev–Trinajstić information content (AvgIpc) is 2.80. The number of carbonyl (C=O) groups is 4. The number of methoxy groups -OCH3 is 1. The molecule has 7 N–H and O–H groups in total. The summed E-state index contributed by atoms with van der Waals surface area (Å²) in [7, 11) is 3.99. The maximum absolute atomic E-state index is 13.6. The summed E-state index contributed by atoms with van der Waals surface area (Å²) in [6.45, 7) is 1.59. The minimum atomic E-state index is -3.00. The van der Waals surface area contributed by atoms with Crippen molar-refractivity contribution in [2.45, 2.75) is 30.6 Å². The van der Waals surface area contributed by atoms with Crippen LogP contribution in [0.2, 0.25) is 0 Å². The molecule has 36 heavy (non-hydrogen) atoms. The molecule has 4 rings (SSSR count). The normalized spacial score (nSPS) is 31.7. The van der Waals surface area contributed by atoms with E-state index in [0.29, 0.717) is 0 Å². The first kappa shape index (κ1) is 25.4. The molecule has 0 spiro atoms. The van der Waals surface area contributed by atoms with E-state index in [-0.39, 0.29) is 16.7 Å². The van der Waals surface area contributed by atoms with E-state index in [1.165, 1.54) is 31.1 Å². The lowest BCUT2D eigenvalue weighted by Crippen LogP contribution is -2.68. The van der Waals surface area contributed by atoms with Gasteiger partial charge in [-0.15, -0.1) is 0 Å². The lowest BCUT2D eigenvalue weighted by atomic mass is 9.55. The smallest absolute Gasteiger partial charge is 0.341 e. The molecule has 0 aromatic heterocycles. The van der Waals surface area contributed by atoms with Gasteiger partial charge in [-0.05, 0) is 31.6 Å². The zero-order valence-corrected chi connectivity index (χ0v) is 19.8. The number of hydrogen-bond donors (Lipinski definition) is 6. The fraction of sp³-hybridized carbons (Fsp3) is 0.417. The Balaban J connectivity index is 2.04. The second-order valence-electron chi connectivity index (χ2n) is 9.47. The molecular formula is C24H26N2O10. The summed E-state index contributed by atoms with van der Waals surface area (Å²) < 4.78 is 4.62. The number of benzene rings is 1. The zero-order chi connectivity index (χ0) is 27.0. The molecule has 12 nitrogen and oxygen atoms in total. The van der Waals surface area contributed by atoms with Gasteiger partial charge in [0.2, 0.25) is 5.78 Å². The van der Waals surface area contributed by atoms with Crippen molar-refractivity contribution in [3.8, 4) is 5.75 Å². The van der Waals surface area contributed by atoms with Crippen LogP contribution in [0, 0.1) is 11.8 Å². The molecule has 1 aromatic rings. The Labute approximate surface area is 204 Å². The second kappa shape index (κ2) is 8.15. The molecule has 0 saturated carbocycles. The van der Waals surface area contributed by atoms with Crippen molar-refractivity contribution in [1.82, 2.24) is 4.90 Å². The van der Waals surface area contributed by atoms with Gasteiger partial charge in [-0.3, -0.25) is 19.3 Å². The van der Waals surface area contributed by atoms with E-state index in [0.717, 1.165) is 7.11 Å². The fourth-order valence-electron chi connectivity index (χ4n) is 5.90. The Morgan fingerprint density at radius 3 is 2.28 bits per heavy atom. The topological polar surface area (TPSA) is 208 Å². The third kappa shape index (κ3) is 2.98. The van der Waals surface area contributed by atoms with Crippen LogP contribution in [0.15, 0.2) is 34.8 Å². The predicted octanol–water partition coefficient (Wildman–Crippen LogP) is -0.561. The van der Waals surface area contributed by atoms with Gasteiger partial charge in [-0.25, -0.2) is 4.79 Å². The van der Waals surface area contributed by atoms with Crippen molar-refractivity contribution in [2.24, 2.45) is 17.6 Å². The molecule has 0 fully saturated rings. The number of amides is 1. The van der Waals surface area contributed by atoms with Crippen LogP contribution in [-0.4, -0.2) is 92.8 Å². The summed E-state index contributed by atoms with van der Waals surface area (Å²) >= 11 is 0. The number of ether oxygens (including phenoxy) is 1. The van der Waals surface area contributed by atoms with Gasteiger partial charge in [0.05, 0.1) is 30.7 Å². The quantitative estimate of drug-likeness (QED) is 0.228. The number of primary amides is 1. The number of aromatic hydroxyl groups is 1. The van der Waals surface area contributed by atoms with Gasteiger partial charge >= 0.3 is 5.97 Å². The predicted molar refractivity (Wildman–Crippen MR) is 121 cm³/mol. The number of Topliss-reactive ketones (excluding diaryl/α,β-unsaturated/α-hetero) is 2. The van der Waals surface area contributed by atoms with E-state index in [2.05, 4.69) is 4.74 Å². The van der Waals surface area contributed by atoms with E-state index in [4.69, 9.17) is 5.73 Å². The number of aliphatic hydroxyl groups excluding tert-OH is 3.